The molecule has 0 bridgehead atoms. The van der Waals surface area contributed by atoms with E-state index in [1.54, 1.807) is 0 Å². The average Bonchev–Trinajstić information content (AvgIpc) is 2.56. The van der Waals surface area contributed by atoms with E-state index in [9.17, 15) is 0 Å². The minimum absolute atomic E-state index is 0.108. The van der Waals surface area contributed by atoms with Crippen LogP contribution < -0.4 is 0 Å². The second-order valence-corrected chi connectivity index (χ2v) is 3.93. The van der Waals surface area contributed by atoms with Gasteiger partial charge in [0.1, 0.15) is 5.82 Å². The third-order valence-electron chi connectivity index (χ3n) is 1.90. The zero-order valence-corrected chi connectivity index (χ0v) is 8.95. The fourth-order valence-corrected chi connectivity index (χ4v) is 1.50. The number of hydrogen-bond acceptors (Lipinski definition) is 2. The second kappa shape index (κ2) is 3.84. The lowest BCUT2D eigenvalue weighted by Crippen LogP contribution is -1.89. The number of nitrogens with zero attached hydrogens (tertiary/aromatic N) is 1. The van der Waals surface area contributed by atoms with Crippen LogP contribution in [0.25, 0.3) is 0 Å². The molecule has 0 saturated carbocycles. The molecule has 1 heterocycles. The van der Waals surface area contributed by atoms with Crippen molar-refractivity contribution in [1.82, 2.24) is 9.97 Å². The van der Waals surface area contributed by atoms with Crippen molar-refractivity contribution in [3.8, 4) is 5.88 Å². The molecule has 0 saturated heterocycles. The van der Waals surface area contributed by atoms with Crippen LogP contribution in [0.3, 0.4) is 0 Å². The second-order valence-electron chi connectivity index (χ2n) is 3.02. The highest BCUT2D eigenvalue weighted by Crippen LogP contribution is 2.13. The van der Waals surface area contributed by atoms with E-state index >= 15 is 0 Å². The highest BCUT2D eigenvalue weighted by molar-refractivity contribution is 9.10. The van der Waals surface area contributed by atoms with E-state index in [0.717, 1.165) is 15.9 Å². The minimum atomic E-state index is 0.108. The molecule has 2 rings (SSSR count). The Morgan fingerprint density at radius 2 is 2.00 bits per heavy atom. The van der Waals surface area contributed by atoms with Crippen LogP contribution in [-0.4, -0.2) is 15.1 Å². The highest BCUT2D eigenvalue weighted by atomic mass is 79.9. The maximum absolute atomic E-state index is 9.05. The van der Waals surface area contributed by atoms with E-state index in [1.807, 2.05) is 24.3 Å². The van der Waals surface area contributed by atoms with E-state index in [4.69, 9.17) is 5.11 Å². The number of aromatic nitrogens is 2. The normalized spacial score (nSPS) is 10.4. The van der Waals surface area contributed by atoms with Crippen molar-refractivity contribution in [2.75, 3.05) is 0 Å². The number of H-pyrrole nitrogens is 1. The number of nitrogens with one attached hydrogen (secondary N) is 1. The number of imidazole rings is 1. The molecule has 3 nitrogen and oxygen atoms in total. The van der Waals surface area contributed by atoms with E-state index in [2.05, 4.69) is 25.9 Å². The molecule has 0 aliphatic rings. The Morgan fingerprint density at radius 1 is 1.29 bits per heavy atom. The largest absolute Gasteiger partial charge is 0.493 e. The zero-order valence-electron chi connectivity index (χ0n) is 7.37. The summed E-state index contributed by atoms with van der Waals surface area (Å²) in [6, 6.07) is 8.00. The summed E-state index contributed by atoms with van der Waals surface area (Å²) in [4.78, 5) is 6.79. The molecule has 0 amide bonds. The summed E-state index contributed by atoms with van der Waals surface area (Å²) in [6.45, 7) is 0. The monoisotopic (exact) mass is 252 g/mol. The van der Waals surface area contributed by atoms with Crippen LogP contribution >= 0.6 is 15.9 Å². The lowest BCUT2D eigenvalue weighted by atomic mass is 10.1. The molecule has 0 spiro atoms. The smallest absolute Gasteiger partial charge is 0.208 e. The van der Waals surface area contributed by atoms with Crippen molar-refractivity contribution in [1.29, 1.82) is 0 Å². The van der Waals surface area contributed by atoms with Gasteiger partial charge in [0.15, 0.2) is 0 Å². The Hall–Kier alpha value is -1.29. The quantitative estimate of drug-likeness (QED) is 0.863. The molecule has 0 aliphatic heterocycles. The molecule has 14 heavy (non-hydrogen) atoms. The number of rotatable bonds is 2. The van der Waals surface area contributed by atoms with E-state index < -0.39 is 0 Å². The molecule has 2 aromatic rings. The van der Waals surface area contributed by atoms with Crippen LogP contribution in [0.5, 0.6) is 5.88 Å². The van der Waals surface area contributed by atoms with Gasteiger partial charge in [0, 0.05) is 10.9 Å². The standard InChI is InChI=1S/C10H9BrN2O/c11-8-3-1-7(2-4-8)5-9-12-6-10(14)13-9/h1-4,6,14H,5H2,(H,12,13). The Morgan fingerprint density at radius 3 is 2.57 bits per heavy atom. The fraction of sp³-hybridized carbons (Fsp3) is 0.100. The Kier molecular flexibility index (Phi) is 2.54. The van der Waals surface area contributed by atoms with Crippen molar-refractivity contribution in [2.45, 2.75) is 6.42 Å². The Labute approximate surface area is 89.9 Å². The predicted octanol–water partition coefficient (Wildman–Crippen LogP) is 2.47. The van der Waals surface area contributed by atoms with E-state index in [1.165, 1.54) is 6.20 Å². The SMILES string of the molecule is Oc1cnc(Cc2ccc(Br)cc2)[nH]1. The topological polar surface area (TPSA) is 48.9 Å². The first-order valence-corrected chi connectivity index (χ1v) is 5.00. The van der Waals surface area contributed by atoms with Crippen molar-refractivity contribution in [3.63, 3.8) is 0 Å². The van der Waals surface area contributed by atoms with Crippen molar-refractivity contribution >= 4 is 15.9 Å². The zero-order chi connectivity index (χ0) is 9.97. The van der Waals surface area contributed by atoms with Crippen molar-refractivity contribution < 1.29 is 5.11 Å². The maximum Gasteiger partial charge on any atom is 0.208 e. The lowest BCUT2D eigenvalue weighted by Gasteiger charge is -1.97. The molecule has 0 aliphatic carbocycles. The molecule has 2 N–H and O–H groups in total. The highest BCUT2D eigenvalue weighted by Gasteiger charge is 2.00. The molecule has 0 unspecified atom stereocenters. The number of aromatic hydroxyl groups is 1. The van der Waals surface area contributed by atoms with E-state index in [0.29, 0.717) is 6.42 Å². The van der Waals surface area contributed by atoms with Crippen LogP contribution in [0.1, 0.15) is 11.4 Å². The van der Waals surface area contributed by atoms with Gasteiger partial charge in [0.25, 0.3) is 0 Å². The van der Waals surface area contributed by atoms with Gasteiger partial charge < -0.3 is 10.1 Å². The Balaban J connectivity index is 2.15. The number of benzene rings is 1. The summed E-state index contributed by atoms with van der Waals surface area (Å²) in [5.41, 5.74) is 1.16. The third kappa shape index (κ3) is 2.14. The first kappa shape index (κ1) is 9.27. The molecule has 0 fully saturated rings. The van der Waals surface area contributed by atoms with Crippen LogP contribution in [0.15, 0.2) is 34.9 Å². The van der Waals surface area contributed by atoms with Crippen LogP contribution in [0, 0.1) is 0 Å². The van der Waals surface area contributed by atoms with Crippen LogP contribution in [0.2, 0.25) is 0 Å². The van der Waals surface area contributed by atoms with Gasteiger partial charge in [-0.15, -0.1) is 0 Å². The summed E-state index contributed by atoms with van der Waals surface area (Å²) in [5.74, 6) is 0.877. The third-order valence-corrected chi connectivity index (χ3v) is 2.43. The lowest BCUT2D eigenvalue weighted by molar-refractivity contribution is 0.455. The van der Waals surface area contributed by atoms with Gasteiger partial charge >= 0.3 is 0 Å². The van der Waals surface area contributed by atoms with Crippen molar-refractivity contribution in [2.24, 2.45) is 0 Å². The molecular weight excluding hydrogens is 244 g/mol. The number of hydrogen-bond donors (Lipinski definition) is 2. The van der Waals surface area contributed by atoms with Crippen LogP contribution in [0.4, 0.5) is 0 Å². The van der Waals surface area contributed by atoms with Gasteiger partial charge in [0.05, 0.1) is 6.20 Å². The molecule has 0 atom stereocenters. The molecule has 4 heteroatoms. The summed E-state index contributed by atoms with van der Waals surface area (Å²) in [7, 11) is 0. The van der Waals surface area contributed by atoms with Gasteiger partial charge in [-0.25, -0.2) is 4.98 Å². The predicted molar refractivity (Wildman–Crippen MR) is 57.2 cm³/mol. The number of aromatic amines is 1. The minimum Gasteiger partial charge on any atom is -0.493 e. The van der Waals surface area contributed by atoms with Gasteiger partial charge in [-0.1, -0.05) is 28.1 Å². The van der Waals surface area contributed by atoms with Gasteiger partial charge in [-0.2, -0.15) is 0 Å². The summed E-state index contributed by atoms with van der Waals surface area (Å²) >= 11 is 3.37. The summed E-state index contributed by atoms with van der Waals surface area (Å²) in [5, 5.41) is 9.05. The molecular formula is C10H9BrN2O. The number of halogens is 1. The van der Waals surface area contributed by atoms with Crippen molar-refractivity contribution in [3.05, 3.63) is 46.3 Å². The molecule has 0 radical (unpaired) electrons. The first-order chi connectivity index (χ1) is 6.74. The van der Waals surface area contributed by atoms with Crippen LogP contribution in [-0.2, 0) is 6.42 Å². The van der Waals surface area contributed by atoms with E-state index in [-0.39, 0.29) is 5.88 Å². The first-order valence-electron chi connectivity index (χ1n) is 4.21. The maximum atomic E-state index is 9.05. The fourth-order valence-electron chi connectivity index (χ4n) is 1.24. The molecule has 72 valence electrons. The van der Waals surface area contributed by atoms with Gasteiger partial charge in [-0.3, -0.25) is 0 Å². The molecule has 1 aromatic heterocycles. The molecule has 1 aromatic carbocycles. The Bertz CT molecular complexity index is 422. The average molecular weight is 253 g/mol. The van der Waals surface area contributed by atoms with Gasteiger partial charge in [0.2, 0.25) is 5.88 Å². The van der Waals surface area contributed by atoms with Gasteiger partial charge in [-0.05, 0) is 17.7 Å². The summed E-state index contributed by atoms with van der Waals surface area (Å²) in [6.07, 6.45) is 2.11. The summed E-state index contributed by atoms with van der Waals surface area (Å²) < 4.78 is 1.06.